The van der Waals surface area contributed by atoms with Crippen LogP contribution in [0.2, 0.25) is 0 Å². The summed E-state index contributed by atoms with van der Waals surface area (Å²) in [6.07, 6.45) is 8.58. The highest BCUT2D eigenvalue weighted by Crippen LogP contribution is 2.29. The van der Waals surface area contributed by atoms with E-state index in [9.17, 15) is 4.79 Å². The summed E-state index contributed by atoms with van der Waals surface area (Å²) in [5, 5.41) is 0. The van der Waals surface area contributed by atoms with Crippen LogP contribution in [-0.4, -0.2) is 61.6 Å². The lowest BCUT2D eigenvalue weighted by Crippen LogP contribution is -2.38. The second-order valence-corrected chi connectivity index (χ2v) is 8.29. The Balaban J connectivity index is 1.34. The lowest BCUT2D eigenvalue weighted by Gasteiger charge is -2.32. The summed E-state index contributed by atoms with van der Waals surface area (Å²) in [6.45, 7) is 4.59. The van der Waals surface area contributed by atoms with E-state index in [2.05, 4.69) is 41.3 Å². The van der Waals surface area contributed by atoms with E-state index in [0.29, 0.717) is 11.3 Å². The third-order valence-corrected chi connectivity index (χ3v) is 6.11. The average molecular weight is 421 g/mol. The lowest BCUT2D eigenvalue weighted by molar-refractivity contribution is 0.0771. The van der Waals surface area contributed by atoms with E-state index in [0.717, 1.165) is 64.2 Å². The predicted octanol–water partition coefficient (Wildman–Crippen LogP) is 4.49. The van der Waals surface area contributed by atoms with Crippen LogP contribution in [0.1, 0.15) is 41.6 Å². The van der Waals surface area contributed by atoms with Gasteiger partial charge in [0.1, 0.15) is 17.6 Å². The van der Waals surface area contributed by atoms with E-state index in [4.69, 9.17) is 9.47 Å². The maximum absolute atomic E-state index is 13.0. The van der Waals surface area contributed by atoms with Gasteiger partial charge < -0.3 is 14.4 Å². The average Bonchev–Trinajstić information content (AvgIpc) is 3.35. The van der Waals surface area contributed by atoms with Gasteiger partial charge in [-0.2, -0.15) is 0 Å². The van der Waals surface area contributed by atoms with Gasteiger partial charge in [0.2, 0.25) is 0 Å². The number of piperidine rings is 1. The monoisotopic (exact) mass is 420 g/mol. The van der Waals surface area contributed by atoms with Crippen molar-refractivity contribution in [2.24, 2.45) is 0 Å². The maximum Gasteiger partial charge on any atom is 0.257 e. The standard InChI is InChI=1S/C26H32N2O3/c1-30-23-11-12-24(26(29)28-16-5-6-17-28)25(20-23)31-22-13-18-27(19-14-22)15-7-10-21-8-3-2-4-9-21/h2-4,7-12,20,22H,5-6,13-19H2,1H3. The molecule has 0 atom stereocenters. The number of rotatable bonds is 7. The molecule has 0 aromatic heterocycles. The molecule has 0 spiro atoms. The van der Waals surface area contributed by atoms with Crippen LogP contribution in [-0.2, 0) is 0 Å². The highest BCUT2D eigenvalue weighted by Gasteiger charge is 2.26. The lowest BCUT2D eigenvalue weighted by atomic mass is 10.1. The van der Waals surface area contributed by atoms with Crippen LogP contribution < -0.4 is 9.47 Å². The first-order chi connectivity index (χ1) is 15.2. The molecule has 0 aliphatic carbocycles. The summed E-state index contributed by atoms with van der Waals surface area (Å²) in [5.74, 6) is 1.44. The Morgan fingerprint density at radius 2 is 1.77 bits per heavy atom. The smallest absolute Gasteiger partial charge is 0.257 e. The molecule has 2 aromatic carbocycles. The maximum atomic E-state index is 13.0. The predicted molar refractivity (Wildman–Crippen MR) is 124 cm³/mol. The topological polar surface area (TPSA) is 42.0 Å². The molecule has 1 amide bonds. The van der Waals surface area contributed by atoms with E-state index in [-0.39, 0.29) is 12.0 Å². The van der Waals surface area contributed by atoms with Crippen molar-refractivity contribution in [2.75, 3.05) is 39.8 Å². The second-order valence-electron chi connectivity index (χ2n) is 8.29. The minimum absolute atomic E-state index is 0.0682. The number of hydrogen-bond donors (Lipinski definition) is 0. The van der Waals surface area contributed by atoms with Crippen molar-refractivity contribution in [3.05, 3.63) is 65.7 Å². The van der Waals surface area contributed by atoms with Gasteiger partial charge in [-0.25, -0.2) is 0 Å². The number of hydrogen-bond acceptors (Lipinski definition) is 4. The summed E-state index contributed by atoms with van der Waals surface area (Å²) < 4.78 is 11.7. The fraction of sp³-hybridized carbons (Fsp3) is 0.423. The van der Waals surface area contributed by atoms with E-state index < -0.39 is 0 Å². The Kier molecular flexibility index (Phi) is 7.26. The highest BCUT2D eigenvalue weighted by atomic mass is 16.5. The van der Waals surface area contributed by atoms with E-state index in [1.54, 1.807) is 7.11 Å². The normalized spacial score (nSPS) is 17.9. The molecule has 5 heteroatoms. The number of likely N-dealkylation sites (tertiary alicyclic amines) is 2. The van der Waals surface area contributed by atoms with Crippen LogP contribution in [0.5, 0.6) is 11.5 Å². The Hall–Kier alpha value is -2.79. The van der Waals surface area contributed by atoms with Crippen LogP contribution in [0.3, 0.4) is 0 Å². The van der Waals surface area contributed by atoms with Gasteiger partial charge in [0.05, 0.1) is 12.7 Å². The molecule has 31 heavy (non-hydrogen) atoms. The molecular formula is C26H32N2O3. The molecule has 5 nitrogen and oxygen atoms in total. The Bertz CT molecular complexity index is 883. The number of methoxy groups -OCH3 is 1. The van der Waals surface area contributed by atoms with Crippen LogP contribution in [0, 0.1) is 0 Å². The van der Waals surface area contributed by atoms with Gasteiger partial charge in [-0.3, -0.25) is 9.69 Å². The van der Waals surface area contributed by atoms with Gasteiger partial charge in [0, 0.05) is 38.8 Å². The van der Waals surface area contributed by atoms with Gasteiger partial charge in [0.25, 0.3) is 5.91 Å². The fourth-order valence-corrected chi connectivity index (χ4v) is 4.29. The quantitative estimate of drug-likeness (QED) is 0.662. The zero-order chi connectivity index (χ0) is 21.5. The molecule has 2 heterocycles. The number of nitrogens with zero attached hydrogens (tertiary/aromatic N) is 2. The first-order valence-electron chi connectivity index (χ1n) is 11.3. The van der Waals surface area contributed by atoms with Crippen molar-refractivity contribution in [1.29, 1.82) is 0 Å². The Morgan fingerprint density at radius 1 is 1.03 bits per heavy atom. The zero-order valence-electron chi connectivity index (χ0n) is 18.3. The Labute approximate surface area is 185 Å². The van der Waals surface area contributed by atoms with Crippen LogP contribution in [0.25, 0.3) is 6.08 Å². The molecule has 0 bridgehead atoms. The van der Waals surface area contributed by atoms with Crippen molar-refractivity contribution < 1.29 is 14.3 Å². The van der Waals surface area contributed by atoms with Gasteiger partial charge in [-0.1, -0.05) is 42.5 Å². The molecule has 164 valence electrons. The summed E-state index contributed by atoms with van der Waals surface area (Å²) in [5.41, 5.74) is 1.88. The van der Waals surface area contributed by atoms with Gasteiger partial charge in [-0.15, -0.1) is 0 Å². The molecule has 4 rings (SSSR count). The van der Waals surface area contributed by atoms with Crippen molar-refractivity contribution in [2.45, 2.75) is 31.8 Å². The number of carbonyl (C=O) groups is 1. The molecular weight excluding hydrogens is 388 g/mol. The molecule has 0 saturated carbocycles. The Morgan fingerprint density at radius 3 is 2.48 bits per heavy atom. The second kappa shape index (κ2) is 10.5. The third kappa shape index (κ3) is 5.67. The van der Waals surface area contributed by atoms with Crippen molar-refractivity contribution in [3.8, 4) is 11.5 Å². The first-order valence-corrected chi connectivity index (χ1v) is 11.3. The fourth-order valence-electron chi connectivity index (χ4n) is 4.29. The third-order valence-electron chi connectivity index (χ3n) is 6.11. The molecule has 0 N–H and O–H groups in total. The zero-order valence-corrected chi connectivity index (χ0v) is 18.3. The van der Waals surface area contributed by atoms with Crippen LogP contribution in [0.15, 0.2) is 54.6 Å². The molecule has 2 aromatic rings. The minimum Gasteiger partial charge on any atom is -0.497 e. The van der Waals surface area contributed by atoms with Crippen LogP contribution in [0.4, 0.5) is 0 Å². The van der Waals surface area contributed by atoms with E-state index >= 15 is 0 Å². The molecule has 0 radical (unpaired) electrons. The van der Waals surface area contributed by atoms with E-state index in [1.165, 1.54) is 5.56 Å². The molecule has 2 fully saturated rings. The summed E-state index contributed by atoms with van der Waals surface area (Å²) >= 11 is 0. The number of amides is 1. The molecule has 0 unspecified atom stereocenters. The summed E-state index contributed by atoms with van der Waals surface area (Å²) in [6, 6.07) is 15.9. The van der Waals surface area contributed by atoms with Gasteiger partial charge >= 0.3 is 0 Å². The number of carbonyl (C=O) groups excluding carboxylic acids is 1. The largest absolute Gasteiger partial charge is 0.497 e. The minimum atomic E-state index is 0.0682. The molecule has 2 aliphatic rings. The van der Waals surface area contributed by atoms with Crippen molar-refractivity contribution >= 4 is 12.0 Å². The SMILES string of the molecule is COc1ccc(C(=O)N2CCCC2)c(OC2CCN(CC=Cc3ccccc3)CC2)c1. The molecule has 2 aliphatic heterocycles. The number of benzene rings is 2. The van der Waals surface area contributed by atoms with Crippen molar-refractivity contribution in [1.82, 2.24) is 9.80 Å². The van der Waals surface area contributed by atoms with Gasteiger partial charge in [-0.05, 0) is 43.4 Å². The van der Waals surface area contributed by atoms with Crippen molar-refractivity contribution in [3.63, 3.8) is 0 Å². The summed E-state index contributed by atoms with van der Waals surface area (Å²) in [4.78, 5) is 17.4. The van der Waals surface area contributed by atoms with Gasteiger partial charge in [0.15, 0.2) is 0 Å². The van der Waals surface area contributed by atoms with Crippen LogP contribution >= 0.6 is 0 Å². The highest BCUT2D eigenvalue weighted by molar-refractivity contribution is 5.97. The van der Waals surface area contributed by atoms with E-state index in [1.807, 2.05) is 29.2 Å². The first kappa shape index (κ1) is 21.4. The molecule has 2 saturated heterocycles. The number of ether oxygens (including phenoxy) is 2. The summed E-state index contributed by atoms with van der Waals surface area (Å²) in [7, 11) is 1.64.